The number of fused-ring (bicyclic) bond motifs is 1. The minimum absolute atomic E-state index is 0.254. The van der Waals surface area contributed by atoms with E-state index in [0.717, 1.165) is 10.5 Å². The Hall–Kier alpha value is -1.84. The van der Waals surface area contributed by atoms with Crippen LogP contribution in [0.4, 0.5) is 0 Å². The highest BCUT2D eigenvalue weighted by atomic mass is 16.5. The number of benzene rings is 1. The van der Waals surface area contributed by atoms with E-state index in [1.807, 2.05) is 20.8 Å². The van der Waals surface area contributed by atoms with Crippen LogP contribution in [0.1, 0.15) is 20.8 Å². The number of hydrogen-bond donors (Lipinski definition) is 0. The normalized spacial score (nSPS) is 11.7. The van der Waals surface area contributed by atoms with Gasteiger partial charge in [-0.25, -0.2) is 4.98 Å². The van der Waals surface area contributed by atoms with E-state index in [0.29, 0.717) is 11.0 Å². The van der Waals surface area contributed by atoms with Crippen molar-refractivity contribution in [3.63, 3.8) is 0 Å². The molecule has 0 saturated carbocycles. The quantitative estimate of drug-likeness (QED) is 0.543. The first-order valence-electron chi connectivity index (χ1n) is 5.13. The molecule has 0 radical (unpaired) electrons. The van der Waals surface area contributed by atoms with Crippen molar-refractivity contribution in [3.05, 3.63) is 35.8 Å². The maximum absolute atomic E-state index is 11.4. The van der Waals surface area contributed by atoms with Gasteiger partial charge in [-0.15, -0.1) is 0 Å². The van der Waals surface area contributed by atoms with Crippen molar-refractivity contribution in [2.24, 2.45) is 0 Å². The van der Waals surface area contributed by atoms with E-state index in [2.05, 4.69) is 4.98 Å². The van der Waals surface area contributed by atoms with E-state index in [9.17, 15) is 5.21 Å². The predicted octanol–water partition coefficient (Wildman–Crippen LogP) is 2.05. The van der Waals surface area contributed by atoms with E-state index in [4.69, 9.17) is 4.74 Å². The van der Waals surface area contributed by atoms with Crippen molar-refractivity contribution in [2.75, 3.05) is 0 Å². The van der Waals surface area contributed by atoms with Gasteiger partial charge in [0.25, 0.3) is 0 Å². The number of nitrogens with zero attached hydrogens (tertiary/aromatic N) is 2. The van der Waals surface area contributed by atoms with Crippen LogP contribution in [0.3, 0.4) is 0 Å². The molecule has 0 aliphatic heterocycles. The van der Waals surface area contributed by atoms with Gasteiger partial charge >= 0.3 is 0 Å². The van der Waals surface area contributed by atoms with E-state index >= 15 is 0 Å². The molecule has 1 aromatic heterocycles. The van der Waals surface area contributed by atoms with Crippen LogP contribution in [0.25, 0.3) is 11.0 Å². The van der Waals surface area contributed by atoms with E-state index in [-0.39, 0.29) is 5.60 Å². The molecule has 0 fully saturated rings. The van der Waals surface area contributed by atoms with Crippen LogP contribution in [-0.4, -0.2) is 10.6 Å². The Kier molecular flexibility index (Phi) is 2.42. The van der Waals surface area contributed by atoms with Crippen molar-refractivity contribution < 1.29 is 9.47 Å². The zero-order chi connectivity index (χ0) is 11.8. The summed E-state index contributed by atoms with van der Waals surface area (Å²) in [6, 6.07) is 5.27. The molecule has 0 unspecified atom stereocenters. The minimum Gasteiger partial charge on any atom is -0.618 e. The molecule has 0 amide bonds. The fourth-order valence-electron chi connectivity index (χ4n) is 1.46. The van der Waals surface area contributed by atoms with Crippen LogP contribution in [-0.2, 0) is 0 Å². The fourth-order valence-corrected chi connectivity index (χ4v) is 1.46. The Balaban J connectivity index is 2.45. The molecule has 2 aromatic rings. The second-order valence-corrected chi connectivity index (χ2v) is 4.62. The Bertz CT molecular complexity index is 518. The van der Waals surface area contributed by atoms with Crippen molar-refractivity contribution in [1.29, 1.82) is 0 Å². The molecule has 84 valence electrons. The summed E-state index contributed by atoms with van der Waals surface area (Å²) in [7, 11) is 0. The van der Waals surface area contributed by atoms with Gasteiger partial charge in [-0.3, -0.25) is 0 Å². The van der Waals surface area contributed by atoms with Gasteiger partial charge in [0.05, 0.1) is 6.20 Å². The van der Waals surface area contributed by atoms with Crippen LogP contribution < -0.4 is 9.47 Å². The molecule has 1 heterocycles. The third-order valence-corrected chi connectivity index (χ3v) is 2.02. The number of ether oxygens (including phenoxy) is 1. The van der Waals surface area contributed by atoms with Crippen LogP contribution in [0.5, 0.6) is 5.75 Å². The molecular formula is C12H14N2O2. The Labute approximate surface area is 94.1 Å². The summed E-state index contributed by atoms with van der Waals surface area (Å²) in [6.07, 6.45) is 2.86. The zero-order valence-electron chi connectivity index (χ0n) is 9.60. The largest absolute Gasteiger partial charge is 0.618 e. The molecule has 0 bridgehead atoms. The summed E-state index contributed by atoms with van der Waals surface area (Å²) in [6.45, 7) is 5.93. The monoisotopic (exact) mass is 218 g/mol. The summed E-state index contributed by atoms with van der Waals surface area (Å²) in [5.41, 5.74) is 0.929. The van der Waals surface area contributed by atoms with Gasteiger partial charge in [0.2, 0.25) is 5.52 Å². The summed E-state index contributed by atoms with van der Waals surface area (Å²) in [4.78, 5) is 4.13. The van der Waals surface area contributed by atoms with E-state index in [1.54, 1.807) is 18.2 Å². The molecule has 4 heteroatoms. The van der Waals surface area contributed by atoms with Gasteiger partial charge in [-0.1, -0.05) is 0 Å². The maximum atomic E-state index is 11.4. The minimum atomic E-state index is -0.254. The molecule has 4 nitrogen and oxygen atoms in total. The molecule has 0 aliphatic carbocycles. The lowest BCUT2D eigenvalue weighted by Crippen LogP contribution is -2.26. The zero-order valence-corrected chi connectivity index (χ0v) is 9.60. The third kappa shape index (κ3) is 2.21. The van der Waals surface area contributed by atoms with Gasteiger partial charge in [0.15, 0.2) is 6.20 Å². The number of aromatic nitrogens is 2. The Morgan fingerprint density at radius 2 is 2.06 bits per heavy atom. The van der Waals surface area contributed by atoms with Crippen molar-refractivity contribution in [2.45, 2.75) is 26.4 Å². The Morgan fingerprint density at radius 1 is 1.31 bits per heavy atom. The highest BCUT2D eigenvalue weighted by molar-refractivity contribution is 5.72. The standard InChI is InChI=1S/C12H14N2O2/c1-12(2,3)16-9-4-5-11-10(8-9)13-6-7-14(11)15/h4-8H,1-3H3. The summed E-state index contributed by atoms with van der Waals surface area (Å²) >= 11 is 0. The third-order valence-electron chi connectivity index (χ3n) is 2.02. The molecule has 0 atom stereocenters. The molecule has 0 aliphatic rings. The van der Waals surface area contributed by atoms with Crippen LogP contribution in [0.2, 0.25) is 0 Å². The van der Waals surface area contributed by atoms with Crippen molar-refractivity contribution in [3.8, 4) is 5.75 Å². The number of hydrogen-bond acceptors (Lipinski definition) is 3. The lowest BCUT2D eigenvalue weighted by Gasteiger charge is -2.21. The predicted molar refractivity (Wildman–Crippen MR) is 61.1 cm³/mol. The summed E-state index contributed by atoms with van der Waals surface area (Å²) < 4.78 is 6.49. The number of rotatable bonds is 1. The maximum Gasteiger partial charge on any atom is 0.242 e. The van der Waals surface area contributed by atoms with Gasteiger partial charge in [-0.2, -0.15) is 4.73 Å². The van der Waals surface area contributed by atoms with Gasteiger partial charge in [-0.05, 0) is 26.8 Å². The summed E-state index contributed by atoms with van der Waals surface area (Å²) in [5.74, 6) is 0.721. The van der Waals surface area contributed by atoms with Crippen LogP contribution in [0, 0.1) is 5.21 Å². The molecule has 0 saturated heterocycles. The fraction of sp³-hybridized carbons (Fsp3) is 0.333. The van der Waals surface area contributed by atoms with Crippen LogP contribution in [0.15, 0.2) is 30.6 Å². The first-order valence-corrected chi connectivity index (χ1v) is 5.13. The van der Waals surface area contributed by atoms with Crippen molar-refractivity contribution >= 4 is 11.0 Å². The van der Waals surface area contributed by atoms with Crippen molar-refractivity contribution in [1.82, 2.24) is 4.98 Å². The second-order valence-electron chi connectivity index (χ2n) is 4.62. The average Bonchev–Trinajstić information content (AvgIpc) is 2.15. The molecule has 0 spiro atoms. The molecular weight excluding hydrogens is 204 g/mol. The SMILES string of the molecule is CC(C)(C)Oc1ccc2c(c1)ncc[n+]2[O-]. The van der Waals surface area contributed by atoms with Gasteiger partial charge in [0.1, 0.15) is 16.9 Å². The van der Waals surface area contributed by atoms with Gasteiger partial charge < -0.3 is 9.94 Å². The van der Waals surface area contributed by atoms with Crippen LogP contribution >= 0.6 is 0 Å². The molecule has 2 rings (SSSR count). The Morgan fingerprint density at radius 3 is 2.75 bits per heavy atom. The molecule has 0 N–H and O–H groups in total. The van der Waals surface area contributed by atoms with E-state index < -0.39 is 0 Å². The first kappa shape index (κ1) is 10.7. The highest BCUT2D eigenvalue weighted by Crippen LogP contribution is 2.20. The van der Waals surface area contributed by atoms with E-state index in [1.165, 1.54) is 12.4 Å². The smallest absolute Gasteiger partial charge is 0.242 e. The molecule has 16 heavy (non-hydrogen) atoms. The first-order chi connectivity index (χ1) is 7.46. The molecule has 1 aromatic carbocycles. The second kappa shape index (κ2) is 3.63. The highest BCUT2D eigenvalue weighted by Gasteiger charge is 2.13. The lowest BCUT2D eigenvalue weighted by molar-refractivity contribution is -0.577. The lowest BCUT2D eigenvalue weighted by atomic mass is 10.2. The summed E-state index contributed by atoms with van der Waals surface area (Å²) in [5, 5.41) is 11.4. The van der Waals surface area contributed by atoms with Gasteiger partial charge in [0, 0.05) is 12.1 Å². The topological polar surface area (TPSA) is 49.1 Å². The average molecular weight is 218 g/mol.